The Kier molecular flexibility index (Phi) is 2.87. The molecule has 0 saturated carbocycles. The number of rotatable bonds is 2. The zero-order valence-corrected chi connectivity index (χ0v) is 9.54. The Bertz CT molecular complexity index is 456. The maximum absolute atomic E-state index is 13.0. The number of amides is 1. The number of benzene rings is 1. The van der Waals surface area contributed by atoms with E-state index in [-0.39, 0.29) is 17.0 Å². The molecule has 2 N–H and O–H groups in total. The molecular formula is C12H14F2N2O. The molecule has 1 amide bonds. The summed E-state index contributed by atoms with van der Waals surface area (Å²) >= 11 is 0. The third-order valence-electron chi connectivity index (χ3n) is 3.17. The highest BCUT2D eigenvalue weighted by atomic mass is 19.2. The van der Waals surface area contributed by atoms with Crippen LogP contribution in [-0.2, 0) is 0 Å². The van der Waals surface area contributed by atoms with Crippen molar-refractivity contribution < 1.29 is 13.6 Å². The molecule has 1 aromatic rings. The number of carbonyl (C=O) groups excluding carboxylic acids is 1. The molecule has 0 aromatic heterocycles. The number of carbonyl (C=O) groups is 1. The van der Waals surface area contributed by atoms with Gasteiger partial charge in [-0.05, 0) is 24.6 Å². The highest BCUT2D eigenvalue weighted by molar-refractivity contribution is 5.95. The predicted molar refractivity (Wildman–Crippen MR) is 59.5 cm³/mol. The third-order valence-corrected chi connectivity index (χ3v) is 3.17. The van der Waals surface area contributed by atoms with Crippen molar-refractivity contribution in [3.05, 3.63) is 35.4 Å². The first-order valence-corrected chi connectivity index (χ1v) is 5.48. The van der Waals surface area contributed by atoms with Crippen LogP contribution in [0.2, 0.25) is 0 Å². The SMILES string of the molecule is CCC1(N)CN(C(=O)c2ccc(F)c(F)c2)C1. The van der Waals surface area contributed by atoms with Crippen LogP contribution in [0.3, 0.4) is 0 Å². The van der Waals surface area contributed by atoms with Gasteiger partial charge in [-0.1, -0.05) is 6.92 Å². The maximum atomic E-state index is 13.0. The van der Waals surface area contributed by atoms with Gasteiger partial charge >= 0.3 is 0 Å². The number of hydrogen-bond acceptors (Lipinski definition) is 2. The first-order chi connectivity index (χ1) is 7.95. The second kappa shape index (κ2) is 4.07. The van der Waals surface area contributed by atoms with E-state index in [4.69, 9.17) is 5.73 Å². The average molecular weight is 240 g/mol. The topological polar surface area (TPSA) is 46.3 Å². The minimum absolute atomic E-state index is 0.155. The molecule has 3 nitrogen and oxygen atoms in total. The number of halogens is 2. The normalized spacial score (nSPS) is 17.8. The first-order valence-electron chi connectivity index (χ1n) is 5.48. The van der Waals surface area contributed by atoms with Crippen LogP contribution in [0.5, 0.6) is 0 Å². The van der Waals surface area contributed by atoms with Crippen molar-refractivity contribution in [3.63, 3.8) is 0 Å². The molecule has 0 spiro atoms. The maximum Gasteiger partial charge on any atom is 0.254 e. The Labute approximate surface area is 98.2 Å². The standard InChI is InChI=1S/C12H14F2N2O/c1-2-12(15)6-16(7-12)11(17)8-3-4-9(13)10(14)5-8/h3-5H,2,6-7,15H2,1H3. The monoisotopic (exact) mass is 240 g/mol. The Morgan fingerprint density at radius 3 is 2.59 bits per heavy atom. The fourth-order valence-electron chi connectivity index (χ4n) is 1.89. The molecule has 1 aromatic carbocycles. The lowest BCUT2D eigenvalue weighted by atomic mass is 9.88. The van der Waals surface area contributed by atoms with Crippen molar-refractivity contribution in [2.24, 2.45) is 5.73 Å². The van der Waals surface area contributed by atoms with Crippen molar-refractivity contribution in [2.45, 2.75) is 18.9 Å². The van der Waals surface area contributed by atoms with Gasteiger partial charge in [0.15, 0.2) is 11.6 Å². The minimum atomic E-state index is -1.01. The van der Waals surface area contributed by atoms with Gasteiger partial charge in [0.2, 0.25) is 0 Å². The van der Waals surface area contributed by atoms with Crippen LogP contribution in [0, 0.1) is 11.6 Å². The summed E-state index contributed by atoms with van der Waals surface area (Å²) in [6.07, 6.45) is 0.786. The van der Waals surface area contributed by atoms with Crippen LogP contribution in [-0.4, -0.2) is 29.4 Å². The number of hydrogen-bond donors (Lipinski definition) is 1. The molecule has 0 radical (unpaired) electrons. The van der Waals surface area contributed by atoms with Crippen molar-refractivity contribution >= 4 is 5.91 Å². The molecular weight excluding hydrogens is 226 g/mol. The van der Waals surface area contributed by atoms with Crippen LogP contribution >= 0.6 is 0 Å². The Hall–Kier alpha value is -1.49. The van der Waals surface area contributed by atoms with E-state index < -0.39 is 11.6 Å². The summed E-state index contributed by atoms with van der Waals surface area (Å²) < 4.78 is 25.7. The smallest absolute Gasteiger partial charge is 0.254 e. The van der Waals surface area contributed by atoms with Gasteiger partial charge in [0.05, 0.1) is 5.54 Å². The number of nitrogens with zero attached hydrogens (tertiary/aromatic N) is 1. The van der Waals surface area contributed by atoms with E-state index in [0.29, 0.717) is 13.1 Å². The molecule has 1 heterocycles. The van der Waals surface area contributed by atoms with Gasteiger partial charge < -0.3 is 10.6 Å². The van der Waals surface area contributed by atoms with E-state index in [1.54, 1.807) is 0 Å². The molecule has 1 aliphatic rings. The number of nitrogens with two attached hydrogens (primary N) is 1. The molecule has 0 bridgehead atoms. The fourth-order valence-corrected chi connectivity index (χ4v) is 1.89. The van der Waals surface area contributed by atoms with Crippen molar-refractivity contribution in [1.29, 1.82) is 0 Å². The zero-order chi connectivity index (χ0) is 12.6. The van der Waals surface area contributed by atoms with Gasteiger partial charge in [-0.25, -0.2) is 8.78 Å². The summed E-state index contributed by atoms with van der Waals surface area (Å²) in [5, 5.41) is 0. The van der Waals surface area contributed by atoms with E-state index in [2.05, 4.69) is 0 Å². The summed E-state index contributed by atoms with van der Waals surface area (Å²) in [6, 6.07) is 3.15. The average Bonchev–Trinajstić information content (AvgIpc) is 2.27. The van der Waals surface area contributed by atoms with Crippen LogP contribution in [0.15, 0.2) is 18.2 Å². The minimum Gasteiger partial charge on any atom is -0.335 e. The summed E-state index contributed by atoms with van der Waals surface area (Å²) in [4.78, 5) is 13.4. The molecule has 1 saturated heterocycles. The van der Waals surface area contributed by atoms with E-state index in [1.165, 1.54) is 11.0 Å². The molecule has 2 rings (SSSR count). The Morgan fingerprint density at radius 1 is 1.41 bits per heavy atom. The van der Waals surface area contributed by atoms with Crippen LogP contribution < -0.4 is 5.73 Å². The lowest BCUT2D eigenvalue weighted by molar-refractivity contribution is 0.0401. The Morgan fingerprint density at radius 2 is 2.06 bits per heavy atom. The van der Waals surface area contributed by atoms with Crippen molar-refractivity contribution in [1.82, 2.24) is 4.90 Å². The summed E-state index contributed by atoms with van der Waals surface area (Å²) in [5.74, 6) is -2.27. The van der Waals surface area contributed by atoms with Crippen LogP contribution in [0.1, 0.15) is 23.7 Å². The van der Waals surface area contributed by atoms with E-state index in [0.717, 1.165) is 18.6 Å². The highest BCUT2D eigenvalue weighted by Crippen LogP contribution is 2.23. The predicted octanol–water partition coefficient (Wildman–Crippen LogP) is 1.53. The number of likely N-dealkylation sites (tertiary alicyclic amines) is 1. The summed E-state index contributed by atoms with van der Waals surface area (Å²) in [5.41, 5.74) is 5.76. The molecule has 1 fully saturated rings. The van der Waals surface area contributed by atoms with Crippen molar-refractivity contribution in [2.75, 3.05) is 13.1 Å². The zero-order valence-electron chi connectivity index (χ0n) is 9.54. The largest absolute Gasteiger partial charge is 0.335 e. The van der Waals surface area contributed by atoms with Gasteiger partial charge in [-0.2, -0.15) is 0 Å². The van der Waals surface area contributed by atoms with Gasteiger partial charge in [-0.15, -0.1) is 0 Å². The van der Waals surface area contributed by atoms with Gasteiger partial charge in [0, 0.05) is 18.7 Å². The molecule has 92 valence electrons. The van der Waals surface area contributed by atoms with Gasteiger partial charge in [-0.3, -0.25) is 4.79 Å². The van der Waals surface area contributed by atoms with E-state index in [1.807, 2.05) is 6.92 Å². The molecule has 0 unspecified atom stereocenters. The fraction of sp³-hybridized carbons (Fsp3) is 0.417. The van der Waals surface area contributed by atoms with E-state index >= 15 is 0 Å². The van der Waals surface area contributed by atoms with E-state index in [9.17, 15) is 13.6 Å². The van der Waals surface area contributed by atoms with Crippen LogP contribution in [0.4, 0.5) is 8.78 Å². The summed E-state index contributed by atoms with van der Waals surface area (Å²) in [7, 11) is 0. The quantitative estimate of drug-likeness (QED) is 0.852. The lowest BCUT2D eigenvalue weighted by Crippen LogP contribution is -2.68. The Balaban J connectivity index is 2.09. The molecule has 0 atom stereocenters. The van der Waals surface area contributed by atoms with Gasteiger partial charge in [0.1, 0.15) is 0 Å². The lowest BCUT2D eigenvalue weighted by Gasteiger charge is -2.47. The highest BCUT2D eigenvalue weighted by Gasteiger charge is 2.40. The van der Waals surface area contributed by atoms with Gasteiger partial charge in [0.25, 0.3) is 5.91 Å². The molecule has 5 heteroatoms. The second-order valence-corrected chi connectivity index (χ2v) is 4.51. The first kappa shape index (κ1) is 12.0. The second-order valence-electron chi connectivity index (χ2n) is 4.51. The third kappa shape index (κ3) is 2.15. The van der Waals surface area contributed by atoms with Crippen LogP contribution in [0.25, 0.3) is 0 Å². The summed E-state index contributed by atoms with van der Waals surface area (Å²) in [6.45, 7) is 2.88. The molecule has 1 aliphatic heterocycles. The molecule has 0 aliphatic carbocycles. The molecule has 17 heavy (non-hydrogen) atoms. The van der Waals surface area contributed by atoms with Crippen molar-refractivity contribution in [3.8, 4) is 0 Å².